The fourth-order valence-electron chi connectivity index (χ4n) is 2.27. The molecule has 2 aromatic carbocycles. The number of benzene rings is 2. The third-order valence-electron chi connectivity index (χ3n) is 3.66. The largest absolute Gasteiger partial charge is 0.306 e. The van der Waals surface area contributed by atoms with Gasteiger partial charge in [0.05, 0.1) is 12.7 Å². The Morgan fingerprint density at radius 3 is 1.27 bits per heavy atom. The standard InChI is InChI=1S/2C10H8N2O/c2*13-7-9-1-3-10(4-2-9)12-6-5-11-8-12/h2*1-8H. The Hall–Kier alpha value is -3.80. The quantitative estimate of drug-likeness (QED) is 0.532. The van der Waals surface area contributed by atoms with Gasteiger partial charge in [-0.1, -0.05) is 0 Å². The zero-order valence-corrected chi connectivity index (χ0v) is 13.8. The lowest BCUT2D eigenvalue weighted by Gasteiger charge is -2.00. The molecule has 0 aliphatic rings. The Balaban J connectivity index is 0.000000151. The predicted molar refractivity (Wildman–Crippen MR) is 97.9 cm³/mol. The molecule has 4 rings (SSSR count). The van der Waals surface area contributed by atoms with E-state index in [2.05, 4.69) is 9.97 Å². The monoisotopic (exact) mass is 344 g/mol. The lowest BCUT2D eigenvalue weighted by molar-refractivity contribution is 0.111. The zero-order valence-electron chi connectivity index (χ0n) is 13.8. The summed E-state index contributed by atoms with van der Waals surface area (Å²) in [5.74, 6) is 0. The van der Waals surface area contributed by atoms with Crippen LogP contribution in [-0.2, 0) is 0 Å². The molecule has 0 spiro atoms. The molecule has 6 nitrogen and oxygen atoms in total. The summed E-state index contributed by atoms with van der Waals surface area (Å²) in [6, 6.07) is 14.6. The van der Waals surface area contributed by atoms with Gasteiger partial charge in [-0.3, -0.25) is 9.59 Å². The molecule has 0 aliphatic carbocycles. The molecule has 0 N–H and O–H groups in total. The van der Waals surface area contributed by atoms with Gasteiger partial charge in [-0.2, -0.15) is 0 Å². The van der Waals surface area contributed by atoms with Gasteiger partial charge in [0.2, 0.25) is 0 Å². The summed E-state index contributed by atoms with van der Waals surface area (Å²) in [5, 5.41) is 0. The topological polar surface area (TPSA) is 69.8 Å². The zero-order chi connectivity index (χ0) is 18.2. The molecule has 0 saturated heterocycles. The van der Waals surface area contributed by atoms with Crippen molar-refractivity contribution in [3.63, 3.8) is 0 Å². The number of hydrogen-bond donors (Lipinski definition) is 0. The average Bonchev–Trinajstić information content (AvgIpc) is 3.43. The first-order chi connectivity index (χ1) is 12.8. The van der Waals surface area contributed by atoms with Crippen LogP contribution in [0.4, 0.5) is 0 Å². The van der Waals surface area contributed by atoms with Crippen molar-refractivity contribution < 1.29 is 9.59 Å². The van der Waals surface area contributed by atoms with E-state index in [1.807, 2.05) is 45.8 Å². The highest BCUT2D eigenvalue weighted by Gasteiger charge is 1.95. The van der Waals surface area contributed by atoms with Crippen molar-refractivity contribution in [3.8, 4) is 11.4 Å². The van der Waals surface area contributed by atoms with E-state index in [1.165, 1.54) is 0 Å². The minimum absolute atomic E-state index is 0.684. The first-order valence-corrected chi connectivity index (χ1v) is 7.87. The fraction of sp³-hybridized carbons (Fsp3) is 0. The van der Waals surface area contributed by atoms with E-state index < -0.39 is 0 Å². The molecule has 6 heteroatoms. The van der Waals surface area contributed by atoms with E-state index in [0.717, 1.165) is 23.9 Å². The molecular formula is C20H16N4O2. The van der Waals surface area contributed by atoms with Gasteiger partial charge in [0.15, 0.2) is 0 Å². The summed E-state index contributed by atoms with van der Waals surface area (Å²) in [6.45, 7) is 0. The maximum atomic E-state index is 10.4. The second kappa shape index (κ2) is 8.34. The maximum Gasteiger partial charge on any atom is 0.150 e. The van der Waals surface area contributed by atoms with E-state index in [-0.39, 0.29) is 0 Å². The summed E-state index contributed by atoms with van der Waals surface area (Å²) < 4.78 is 3.77. The number of carbonyl (C=O) groups is 2. The molecule has 0 unspecified atom stereocenters. The summed E-state index contributed by atoms with van der Waals surface area (Å²) in [6.07, 6.45) is 12.2. The van der Waals surface area contributed by atoms with E-state index in [1.54, 1.807) is 49.3 Å². The van der Waals surface area contributed by atoms with Gasteiger partial charge in [-0.25, -0.2) is 9.97 Å². The van der Waals surface area contributed by atoms with E-state index in [9.17, 15) is 9.59 Å². The molecule has 0 atom stereocenters. The van der Waals surface area contributed by atoms with Crippen molar-refractivity contribution in [3.05, 3.63) is 97.1 Å². The maximum absolute atomic E-state index is 10.4. The van der Waals surface area contributed by atoms with Gasteiger partial charge in [-0.15, -0.1) is 0 Å². The van der Waals surface area contributed by atoms with E-state index >= 15 is 0 Å². The predicted octanol–water partition coefficient (Wildman–Crippen LogP) is 3.37. The summed E-state index contributed by atoms with van der Waals surface area (Å²) in [7, 11) is 0. The number of aromatic nitrogens is 4. The van der Waals surface area contributed by atoms with Crippen LogP contribution in [0.25, 0.3) is 11.4 Å². The van der Waals surface area contributed by atoms with Crippen molar-refractivity contribution in [1.82, 2.24) is 19.1 Å². The molecule has 0 amide bonds. The van der Waals surface area contributed by atoms with Crippen LogP contribution in [0.5, 0.6) is 0 Å². The molecule has 2 heterocycles. The molecule has 0 radical (unpaired) electrons. The highest BCUT2D eigenvalue weighted by molar-refractivity contribution is 5.75. The van der Waals surface area contributed by atoms with Crippen LogP contribution in [0.3, 0.4) is 0 Å². The van der Waals surface area contributed by atoms with E-state index in [4.69, 9.17) is 0 Å². The lowest BCUT2D eigenvalue weighted by Crippen LogP contribution is -1.89. The van der Waals surface area contributed by atoms with Crippen molar-refractivity contribution >= 4 is 12.6 Å². The van der Waals surface area contributed by atoms with Crippen LogP contribution in [0.1, 0.15) is 20.7 Å². The van der Waals surface area contributed by atoms with Crippen LogP contribution in [0, 0.1) is 0 Å². The van der Waals surface area contributed by atoms with Crippen LogP contribution >= 0.6 is 0 Å². The fourth-order valence-corrected chi connectivity index (χ4v) is 2.27. The second-order valence-corrected chi connectivity index (χ2v) is 5.36. The highest BCUT2D eigenvalue weighted by Crippen LogP contribution is 2.08. The number of hydrogen-bond acceptors (Lipinski definition) is 4. The molecule has 26 heavy (non-hydrogen) atoms. The number of imidazole rings is 2. The van der Waals surface area contributed by atoms with Gasteiger partial charge in [0.1, 0.15) is 12.6 Å². The van der Waals surface area contributed by atoms with Crippen LogP contribution in [0.2, 0.25) is 0 Å². The Bertz CT molecular complexity index is 860. The molecule has 0 fully saturated rings. The van der Waals surface area contributed by atoms with E-state index in [0.29, 0.717) is 11.1 Å². The number of aldehydes is 2. The number of nitrogens with zero attached hydrogens (tertiary/aromatic N) is 4. The number of rotatable bonds is 4. The van der Waals surface area contributed by atoms with Gasteiger partial charge in [0, 0.05) is 47.3 Å². The lowest BCUT2D eigenvalue weighted by atomic mass is 10.2. The van der Waals surface area contributed by atoms with Gasteiger partial charge in [0.25, 0.3) is 0 Å². The first-order valence-electron chi connectivity index (χ1n) is 7.87. The smallest absolute Gasteiger partial charge is 0.150 e. The molecule has 4 aromatic rings. The van der Waals surface area contributed by atoms with Crippen molar-refractivity contribution in [2.24, 2.45) is 0 Å². The van der Waals surface area contributed by atoms with Crippen LogP contribution < -0.4 is 0 Å². The third kappa shape index (κ3) is 4.18. The average molecular weight is 344 g/mol. The van der Waals surface area contributed by atoms with Gasteiger partial charge in [-0.05, 0) is 48.5 Å². The molecule has 128 valence electrons. The Kier molecular flexibility index (Phi) is 5.47. The summed E-state index contributed by atoms with van der Waals surface area (Å²) in [5.41, 5.74) is 3.37. The molecule has 2 aromatic heterocycles. The van der Waals surface area contributed by atoms with Crippen molar-refractivity contribution in [2.75, 3.05) is 0 Å². The van der Waals surface area contributed by atoms with Crippen molar-refractivity contribution in [2.45, 2.75) is 0 Å². The summed E-state index contributed by atoms with van der Waals surface area (Å²) in [4.78, 5) is 28.6. The highest BCUT2D eigenvalue weighted by atomic mass is 16.1. The second-order valence-electron chi connectivity index (χ2n) is 5.36. The Morgan fingerprint density at radius 2 is 1.00 bits per heavy atom. The molecule has 0 saturated carbocycles. The first kappa shape index (κ1) is 17.0. The van der Waals surface area contributed by atoms with Crippen LogP contribution in [0.15, 0.2) is 86.0 Å². The van der Waals surface area contributed by atoms with Gasteiger partial charge >= 0.3 is 0 Å². The molecule has 0 aliphatic heterocycles. The normalized spacial score (nSPS) is 9.85. The minimum atomic E-state index is 0.684. The van der Waals surface area contributed by atoms with Crippen molar-refractivity contribution in [1.29, 1.82) is 0 Å². The molecular weight excluding hydrogens is 328 g/mol. The SMILES string of the molecule is O=Cc1ccc(-n2ccnc2)cc1.O=Cc1ccc(-n2ccnc2)cc1. The van der Waals surface area contributed by atoms with Crippen LogP contribution in [-0.4, -0.2) is 31.7 Å². The Morgan fingerprint density at radius 1 is 0.615 bits per heavy atom. The Labute approximate surface area is 150 Å². The third-order valence-corrected chi connectivity index (χ3v) is 3.66. The summed E-state index contributed by atoms with van der Waals surface area (Å²) >= 11 is 0. The molecule has 0 bridgehead atoms. The van der Waals surface area contributed by atoms with Gasteiger partial charge < -0.3 is 9.13 Å². The minimum Gasteiger partial charge on any atom is -0.306 e. The number of carbonyl (C=O) groups excluding carboxylic acids is 2.